The number of hydrogen-bond acceptors (Lipinski definition) is 2. The molecule has 4 aliphatic rings. The van der Waals surface area contributed by atoms with Gasteiger partial charge in [0.25, 0.3) is 0 Å². The Kier molecular flexibility index (Phi) is 5.14. The van der Waals surface area contributed by atoms with Gasteiger partial charge in [-0.25, -0.2) is 0 Å². The van der Waals surface area contributed by atoms with Crippen LogP contribution in [0.15, 0.2) is 128 Å². The fourth-order valence-electron chi connectivity index (χ4n) is 8.62. The van der Waals surface area contributed by atoms with Crippen molar-refractivity contribution in [1.82, 2.24) is 9.97 Å². The van der Waals surface area contributed by atoms with Crippen LogP contribution in [0.3, 0.4) is 0 Å². The quantitative estimate of drug-likeness (QED) is 0.188. The zero-order valence-electron chi connectivity index (χ0n) is 26.2. The third kappa shape index (κ3) is 3.42. The molecule has 2 unspecified atom stereocenters. The Bertz CT molecular complexity index is 2430. The maximum atomic E-state index is 5.00. The van der Waals surface area contributed by atoms with Crippen molar-refractivity contribution >= 4 is 43.8 Å². The number of fused-ring (bicyclic) bond motifs is 8. The Balaban J connectivity index is 1.35. The van der Waals surface area contributed by atoms with Crippen molar-refractivity contribution in [2.45, 2.75) is 26.2 Å². The van der Waals surface area contributed by atoms with Crippen LogP contribution in [0, 0.1) is 11.8 Å². The normalized spacial score (nSPS) is 18.8. The third-order valence-corrected chi connectivity index (χ3v) is 10.7. The van der Waals surface area contributed by atoms with Gasteiger partial charge in [0, 0.05) is 35.4 Å². The number of pyridine rings is 2. The van der Waals surface area contributed by atoms with Crippen molar-refractivity contribution in [3.05, 3.63) is 156 Å². The second kappa shape index (κ2) is 9.11. The zero-order valence-corrected chi connectivity index (χ0v) is 26.2. The number of hydrogen-bond donors (Lipinski definition) is 0. The van der Waals surface area contributed by atoms with Crippen LogP contribution in [0.25, 0.3) is 66.4 Å². The Labute approximate surface area is 269 Å². The van der Waals surface area contributed by atoms with Crippen LogP contribution >= 0.6 is 0 Å². The van der Waals surface area contributed by atoms with Gasteiger partial charge in [-0.15, -0.1) is 0 Å². The van der Waals surface area contributed by atoms with E-state index in [1.54, 1.807) is 0 Å². The first-order chi connectivity index (χ1) is 22.5. The monoisotopic (exact) mass is 588 g/mol. The van der Waals surface area contributed by atoms with Crippen LogP contribution < -0.4 is 0 Å². The van der Waals surface area contributed by atoms with E-state index in [4.69, 9.17) is 9.97 Å². The molecule has 10 rings (SSSR count). The van der Waals surface area contributed by atoms with Crippen LogP contribution in [-0.4, -0.2) is 9.97 Å². The summed E-state index contributed by atoms with van der Waals surface area (Å²) in [7, 11) is 0. The lowest BCUT2D eigenvalue weighted by atomic mass is 9.72. The molecular formula is C44H32N2. The van der Waals surface area contributed by atoms with Gasteiger partial charge >= 0.3 is 0 Å². The fourth-order valence-corrected chi connectivity index (χ4v) is 8.62. The minimum Gasteiger partial charge on any atom is -0.256 e. The minimum absolute atomic E-state index is 0.0965. The molecule has 2 atom stereocenters. The molecule has 4 aromatic carbocycles. The summed E-state index contributed by atoms with van der Waals surface area (Å²) in [5.41, 5.74) is 17.1. The molecule has 0 N–H and O–H groups in total. The van der Waals surface area contributed by atoms with Gasteiger partial charge in [0.15, 0.2) is 0 Å². The summed E-state index contributed by atoms with van der Waals surface area (Å²) < 4.78 is 0. The molecule has 0 amide bonds. The van der Waals surface area contributed by atoms with Crippen LogP contribution in [-0.2, 0) is 5.41 Å². The van der Waals surface area contributed by atoms with Gasteiger partial charge in [0.05, 0.1) is 11.4 Å². The summed E-state index contributed by atoms with van der Waals surface area (Å²) in [6, 6.07) is 33.2. The van der Waals surface area contributed by atoms with Gasteiger partial charge in [-0.1, -0.05) is 99.7 Å². The van der Waals surface area contributed by atoms with E-state index < -0.39 is 0 Å². The van der Waals surface area contributed by atoms with E-state index >= 15 is 0 Å². The molecule has 0 saturated heterocycles. The van der Waals surface area contributed by atoms with Crippen molar-refractivity contribution in [2.75, 3.05) is 0 Å². The number of allylic oxidation sites excluding steroid dienone is 8. The molecule has 2 nitrogen and oxygen atoms in total. The van der Waals surface area contributed by atoms with Gasteiger partial charge in [0.1, 0.15) is 0 Å². The second-order valence-corrected chi connectivity index (χ2v) is 14.1. The number of aromatic nitrogens is 2. The van der Waals surface area contributed by atoms with Crippen molar-refractivity contribution in [3.8, 4) is 22.5 Å². The Morgan fingerprint density at radius 3 is 1.50 bits per heavy atom. The van der Waals surface area contributed by atoms with E-state index in [-0.39, 0.29) is 11.3 Å². The van der Waals surface area contributed by atoms with Crippen molar-refractivity contribution in [3.63, 3.8) is 0 Å². The summed E-state index contributed by atoms with van der Waals surface area (Å²) in [5, 5.41) is 4.92. The van der Waals surface area contributed by atoms with E-state index in [2.05, 4.69) is 124 Å². The van der Waals surface area contributed by atoms with Gasteiger partial charge < -0.3 is 0 Å². The number of rotatable bonds is 2. The molecule has 0 saturated carbocycles. The molecule has 0 bridgehead atoms. The highest BCUT2D eigenvalue weighted by Crippen LogP contribution is 2.66. The largest absolute Gasteiger partial charge is 0.256 e. The van der Waals surface area contributed by atoms with Crippen molar-refractivity contribution in [2.24, 2.45) is 11.8 Å². The second-order valence-electron chi connectivity index (χ2n) is 14.1. The van der Waals surface area contributed by atoms with E-state index in [1.807, 2.05) is 24.5 Å². The van der Waals surface area contributed by atoms with Crippen LogP contribution in [0.4, 0.5) is 0 Å². The lowest BCUT2D eigenvalue weighted by Crippen LogP contribution is -2.17. The summed E-state index contributed by atoms with van der Waals surface area (Å²) in [5.74, 6) is 0.546. The highest BCUT2D eigenvalue weighted by atomic mass is 14.7. The summed E-state index contributed by atoms with van der Waals surface area (Å²) in [6.45, 7) is 6.93. The lowest BCUT2D eigenvalue weighted by Gasteiger charge is -2.31. The Morgan fingerprint density at radius 2 is 0.978 bits per heavy atom. The van der Waals surface area contributed by atoms with E-state index in [1.165, 1.54) is 82.8 Å². The number of nitrogens with zero attached hydrogens (tertiary/aromatic N) is 2. The van der Waals surface area contributed by atoms with E-state index in [0.29, 0.717) is 5.92 Å². The van der Waals surface area contributed by atoms with E-state index in [0.717, 1.165) is 11.4 Å². The summed E-state index contributed by atoms with van der Waals surface area (Å²) in [4.78, 5) is 10.00. The summed E-state index contributed by atoms with van der Waals surface area (Å²) in [6.07, 6.45) is 13.5. The van der Waals surface area contributed by atoms with Crippen LogP contribution in [0.1, 0.15) is 48.6 Å². The first-order valence-electron chi connectivity index (χ1n) is 16.3. The number of benzene rings is 4. The topological polar surface area (TPSA) is 25.8 Å². The minimum atomic E-state index is 0.0965. The highest BCUT2D eigenvalue weighted by molar-refractivity contribution is 6.21. The maximum Gasteiger partial charge on any atom is 0.0714 e. The molecule has 2 aromatic heterocycles. The van der Waals surface area contributed by atoms with Crippen molar-refractivity contribution < 1.29 is 0 Å². The molecular weight excluding hydrogens is 556 g/mol. The lowest BCUT2D eigenvalue weighted by molar-refractivity contribution is 0.590. The average Bonchev–Trinajstić information content (AvgIpc) is 3.58. The molecule has 2 heteroatoms. The maximum absolute atomic E-state index is 5.00. The van der Waals surface area contributed by atoms with Crippen LogP contribution in [0.5, 0.6) is 0 Å². The van der Waals surface area contributed by atoms with Gasteiger partial charge in [0.2, 0.25) is 0 Å². The standard InChI is InChI=1S/C44H32N2/c1-44(2,3)27-14-15-28-29-16-18-31-39-32(19-17-30(38(29)39)33(28)24-27)43-41(37-13-7-9-21-46-37)35-23-26-11-5-4-10-25(26)22-34(35)40(42(31)43)36-12-6-8-20-45-36/h4-24,38-39H,1-3H3. The molecule has 0 spiro atoms. The molecule has 0 aliphatic heterocycles. The smallest absolute Gasteiger partial charge is 0.0714 e. The Hall–Kier alpha value is -5.34. The zero-order chi connectivity index (χ0) is 30.7. The average molecular weight is 589 g/mol. The van der Waals surface area contributed by atoms with Gasteiger partial charge in [-0.3, -0.25) is 9.97 Å². The predicted octanol–water partition coefficient (Wildman–Crippen LogP) is 10.9. The first kappa shape index (κ1) is 25.9. The first-order valence-corrected chi connectivity index (χ1v) is 16.3. The molecule has 0 fully saturated rings. The Morgan fingerprint density at radius 1 is 0.478 bits per heavy atom. The van der Waals surface area contributed by atoms with E-state index in [9.17, 15) is 0 Å². The highest BCUT2D eigenvalue weighted by Gasteiger charge is 2.49. The predicted molar refractivity (Wildman–Crippen MR) is 192 cm³/mol. The van der Waals surface area contributed by atoms with Gasteiger partial charge in [-0.05, 0) is 113 Å². The third-order valence-electron chi connectivity index (χ3n) is 10.7. The molecule has 2 heterocycles. The fraction of sp³-hybridized carbons (Fsp3) is 0.136. The molecule has 218 valence electrons. The summed E-state index contributed by atoms with van der Waals surface area (Å²) >= 11 is 0. The van der Waals surface area contributed by atoms with Crippen molar-refractivity contribution in [1.29, 1.82) is 0 Å². The molecule has 46 heavy (non-hydrogen) atoms. The van der Waals surface area contributed by atoms with Crippen LogP contribution in [0.2, 0.25) is 0 Å². The molecule has 6 aromatic rings. The SMILES string of the molecule is CC(C)(C)c1ccc2c(c1)C1=CC=C3c4c(c(-c5ccccn5)c5cc6ccccc6cc5c4-c4ccccn4)C4=CC=C2C1C43. The van der Waals surface area contributed by atoms with Gasteiger partial charge in [-0.2, -0.15) is 0 Å². The molecule has 0 radical (unpaired) electrons. The molecule has 4 aliphatic carbocycles.